The number of nitrogens with one attached hydrogen (secondary N) is 1. The van der Waals surface area contributed by atoms with Crippen LogP contribution in [-0.2, 0) is 14.3 Å². The molecule has 1 saturated heterocycles. The summed E-state index contributed by atoms with van der Waals surface area (Å²) in [6.07, 6.45) is 10.6. The van der Waals surface area contributed by atoms with Crippen LogP contribution >= 0.6 is 0 Å². The van der Waals surface area contributed by atoms with Gasteiger partial charge in [-0.2, -0.15) is 0 Å². The van der Waals surface area contributed by atoms with Crippen LogP contribution in [-0.4, -0.2) is 54.2 Å². The van der Waals surface area contributed by atoms with E-state index in [-0.39, 0.29) is 50.9 Å². The fourth-order valence-corrected chi connectivity index (χ4v) is 11.3. The topological polar surface area (TPSA) is 78.9 Å². The van der Waals surface area contributed by atoms with Gasteiger partial charge in [-0.1, -0.05) is 54.0 Å². The predicted molar refractivity (Wildman–Crippen MR) is 156 cm³/mol. The summed E-state index contributed by atoms with van der Waals surface area (Å²) < 4.78 is 5.48. The van der Waals surface area contributed by atoms with E-state index in [1.54, 1.807) is 0 Å². The van der Waals surface area contributed by atoms with E-state index in [9.17, 15) is 14.7 Å². The number of allylic oxidation sites excluding steroid dienone is 2. The molecule has 0 radical (unpaired) electrons. The Morgan fingerprint density at radius 1 is 0.950 bits per heavy atom. The fraction of sp³-hybridized carbons (Fsp3) is 0.882. The van der Waals surface area contributed by atoms with Gasteiger partial charge in [-0.05, 0) is 103 Å². The summed E-state index contributed by atoms with van der Waals surface area (Å²) in [5.41, 5.74) is 3.83. The molecule has 9 atom stereocenters. The number of aliphatic hydroxyl groups excluding tert-OH is 1. The number of ketones is 1. The Balaban J connectivity index is 1.35. The van der Waals surface area contributed by atoms with E-state index in [2.05, 4.69) is 60.0 Å². The summed E-state index contributed by atoms with van der Waals surface area (Å²) in [7, 11) is 0. The lowest BCUT2D eigenvalue weighted by molar-refractivity contribution is -0.202. The highest BCUT2D eigenvalue weighted by atomic mass is 16.5. The van der Waals surface area contributed by atoms with Gasteiger partial charge in [0.15, 0.2) is 5.78 Å². The van der Waals surface area contributed by atoms with Gasteiger partial charge in [-0.15, -0.1) is 0 Å². The third-order valence-corrected chi connectivity index (χ3v) is 14.4. The number of carbonyl (C=O) groups excluding carboxylic acids is 2. The van der Waals surface area contributed by atoms with E-state index < -0.39 is 5.41 Å². The molecule has 2 unspecified atom stereocenters. The summed E-state index contributed by atoms with van der Waals surface area (Å²) in [6.45, 7) is 19.1. The Morgan fingerprint density at radius 3 is 2.33 bits per heavy atom. The molecule has 0 aromatic rings. The minimum Gasteiger partial charge on any atom is -0.393 e. The second-order valence-corrected chi connectivity index (χ2v) is 16.7. The SMILES string of the molecule is CC1(C)C2CC[C@]3(C)C(C(=O)C=C4[C@@H]5C[C@@](C)(C(=O)NN6CCOCC6)CC[C@]5(C)CC[C@]43C)[C@@]2(C)CC[C@@H]1O. The van der Waals surface area contributed by atoms with Crippen LogP contribution in [0.1, 0.15) is 106 Å². The molecule has 6 nitrogen and oxygen atoms in total. The molecule has 1 heterocycles. The highest BCUT2D eigenvalue weighted by Gasteiger charge is 2.70. The second-order valence-electron chi connectivity index (χ2n) is 16.7. The van der Waals surface area contributed by atoms with E-state index in [1.165, 1.54) is 5.57 Å². The molecule has 224 valence electrons. The number of morpholine rings is 1. The molecule has 6 aliphatic rings. The summed E-state index contributed by atoms with van der Waals surface area (Å²) >= 11 is 0. The first-order valence-corrected chi connectivity index (χ1v) is 16.2. The molecular weight excluding hydrogens is 500 g/mol. The quantitative estimate of drug-likeness (QED) is 0.458. The molecule has 0 spiro atoms. The van der Waals surface area contributed by atoms with Gasteiger partial charge < -0.3 is 9.84 Å². The molecule has 6 heteroatoms. The molecule has 0 aromatic carbocycles. The van der Waals surface area contributed by atoms with E-state index in [0.717, 1.165) is 70.9 Å². The highest BCUT2D eigenvalue weighted by molar-refractivity contribution is 5.95. The van der Waals surface area contributed by atoms with Crippen LogP contribution < -0.4 is 5.43 Å². The van der Waals surface area contributed by atoms with Crippen molar-refractivity contribution in [3.8, 4) is 0 Å². The number of ether oxygens (including phenoxy) is 1. The van der Waals surface area contributed by atoms with Crippen LogP contribution in [0.15, 0.2) is 11.6 Å². The van der Waals surface area contributed by atoms with Gasteiger partial charge >= 0.3 is 0 Å². The Labute approximate surface area is 242 Å². The third kappa shape index (κ3) is 3.83. The molecule has 1 amide bonds. The number of hydrazine groups is 1. The van der Waals surface area contributed by atoms with Gasteiger partial charge in [0.25, 0.3) is 0 Å². The number of amides is 1. The number of carbonyl (C=O) groups is 2. The zero-order valence-corrected chi connectivity index (χ0v) is 26.2. The molecule has 40 heavy (non-hydrogen) atoms. The lowest BCUT2D eigenvalue weighted by atomic mass is 9.33. The van der Waals surface area contributed by atoms with Gasteiger partial charge in [-0.3, -0.25) is 15.0 Å². The van der Waals surface area contributed by atoms with Crippen molar-refractivity contribution in [3.63, 3.8) is 0 Å². The first-order chi connectivity index (χ1) is 18.6. The maximum atomic E-state index is 14.5. The smallest absolute Gasteiger partial charge is 0.240 e. The average molecular weight is 555 g/mol. The van der Waals surface area contributed by atoms with Crippen molar-refractivity contribution < 1.29 is 19.4 Å². The Kier molecular flexibility index (Phi) is 6.59. The van der Waals surface area contributed by atoms with Crippen LogP contribution in [0.2, 0.25) is 0 Å². The van der Waals surface area contributed by atoms with Gasteiger partial charge in [0.1, 0.15) is 0 Å². The minimum atomic E-state index is -0.449. The molecule has 6 rings (SSSR count). The van der Waals surface area contributed by atoms with Gasteiger partial charge in [0.2, 0.25) is 5.91 Å². The summed E-state index contributed by atoms with van der Waals surface area (Å²) in [5, 5.41) is 13.0. The van der Waals surface area contributed by atoms with Crippen LogP contribution in [0, 0.1) is 50.2 Å². The lowest BCUT2D eigenvalue weighted by Crippen LogP contribution is -2.66. The minimum absolute atomic E-state index is 0.0109. The molecule has 5 fully saturated rings. The monoisotopic (exact) mass is 554 g/mol. The van der Waals surface area contributed by atoms with E-state index in [1.807, 2.05) is 5.01 Å². The van der Waals surface area contributed by atoms with Crippen LogP contribution in [0.4, 0.5) is 0 Å². The summed E-state index contributed by atoms with van der Waals surface area (Å²) in [4.78, 5) is 28.2. The van der Waals surface area contributed by atoms with Crippen molar-refractivity contribution in [3.05, 3.63) is 11.6 Å². The standard InChI is InChI=1S/C34H54N2O4/c1-29(2)25-8-11-34(7)27(32(25,5)10-9-26(29)38)24(37)20-22-23-21-31(4,28(39)35-36-16-18-40-19-17-36)13-12-30(23,3)14-15-33(22,34)6/h20,23,25-27,38H,8-19,21H2,1-7H3,(H,35,39)/t23-,25?,26-,27?,30+,31-,32-,33+,34+/m0/s1. The Bertz CT molecular complexity index is 1110. The third-order valence-electron chi connectivity index (χ3n) is 14.4. The maximum Gasteiger partial charge on any atom is 0.240 e. The molecular formula is C34H54N2O4. The molecule has 2 N–H and O–H groups in total. The first kappa shape index (κ1) is 28.9. The molecule has 1 aliphatic heterocycles. The number of hydrogen-bond donors (Lipinski definition) is 2. The zero-order valence-electron chi connectivity index (χ0n) is 26.2. The van der Waals surface area contributed by atoms with Crippen molar-refractivity contribution >= 4 is 11.7 Å². The van der Waals surface area contributed by atoms with E-state index in [0.29, 0.717) is 24.9 Å². The number of nitrogens with zero attached hydrogens (tertiary/aromatic N) is 1. The van der Waals surface area contributed by atoms with Crippen molar-refractivity contribution in [1.29, 1.82) is 0 Å². The summed E-state index contributed by atoms with van der Waals surface area (Å²) in [5.74, 6) is 1.04. The van der Waals surface area contributed by atoms with E-state index >= 15 is 0 Å². The largest absolute Gasteiger partial charge is 0.393 e. The average Bonchev–Trinajstić information content (AvgIpc) is 2.89. The zero-order chi connectivity index (χ0) is 28.9. The number of fused-ring (bicyclic) bond motifs is 7. The summed E-state index contributed by atoms with van der Waals surface area (Å²) in [6, 6.07) is 0. The normalized spacial score (nSPS) is 50.5. The first-order valence-electron chi connectivity index (χ1n) is 16.2. The highest BCUT2D eigenvalue weighted by Crippen LogP contribution is 2.75. The van der Waals surface area contributed by atoms with Crippen LogP contribution in [0.5, 0.6) is 0 Å². The van der Waals surface area contributed by atoms with Crippen molar-refractivity contribution in [1.82, 2.24) is 10.4 Å². The van der Waals surface area contributed by atoms with Crippen LogP contribution in [0.25, 0.3) is 0 Å². The van der Waals surface area contributed by atoms with Crippen molar-refractivity contribution in [2.75, 3.05) is 26.3 Å². The molecule has 0 bridgehead atoms. The Hall–Kier alpha value is -1.24. The fourth-order valence-electron chi connectivity index (χ4n) is 11.3. The van der Waals surface area contributed by atoms with Gasteiger partial charge in [0.05, 0.1) is 19.3 Å². The maximum absolute atomic E-state index is 14.5. The van der Waals surface area contributed by atoms with Crippen molar-refractivity contribution in [2.45, 2.75) is 112 Å². The number of aliphatic hydroxyl groups is 1. The lowest BCUT2D eigenvalue weighted by Gasteiger charge is -2.70. The molecule has 4 saturated carbocycles. The Morgan fingerprint density at radius 2 is 1.62 bits per heavy atom. The van der Waals surface area contributed by atoms with Crippen LogP contribution in [0.3, 0.4) is 0 Å². The number of rotatable bonds is 2. The second kappa shape index (κ2) is 9.13. The van der Waals surface area contributed by atoms with Gasteiger partial charge in [-0.25, -0.2) is 5.01 Å². The predicted octanol–water partition coefficient (Wildman–Crippen LogP) is 5.69. The van der Waals surface area contributed by atoms with E-state index in [4.69, 9.17) is 4.74 Å². The van der Waals surface area contributed by atoms with Crippen molar-refractivity contribution in [2.24, 2.45) is 50.2 Å². The molecule has 5 aliphatic carbocycles. The molecule has 0 aromatic heterocycles. The number of hydrogen-bond acceptors (Lipinski definition) is 5. The van der Waals surface area contributed by atoms with Gasteiger partial charge in [0, 0.05) is 24.4 Å².